The normalized spacial score (nSPS) is 12.1. The lowest BCUT2D eigenvalue weighted by Gasteiger charge is -2.05. The van der Waals surface area contributed by atoms with Crippen molar-refractivity contribution in [3.05, 3.63) is 40.6 Å². The van der Waals surface area contributed by atoms with Crippen LogP contribution in [0.5, 0.6) is 0 Å². The summed E-state index contributed by atoms with van der Waals surface area (Å²) in [5, 5.41) is 10.5. The van der Waals surface area contributed by atoms with Crippen molar-refractivity contribution in [2.24, 2.45) is 5.73 Å². The van der Waals surface area contributed by atoms with Crippen molar-refractivity contribution < 1.29 is 4.92 Å². The molecule has 14 heavy (non-hydrogen) atoms. The van der Waals surface area contributed by atoms with Crippen molar-refractivity contribution in [2.45, 2.75) is 6.04 Å². The van der Waals surface area contributed by atoms with Crippen LogP contribution in [0.25, 0.3) is 0 Å². The van der Waals surface area contributed by atoms with E-state index in [1.807, 2.05) is 0 Å². The number of nitrogens with zero attached hydrogens (tertiary/aromatic N) is 2. The van der Waals surface area contributed by atoms with Crippen molar-refractivity contribution in [1.29, 1.82) is 0 Å². The van der Waals surface area contributed by atoms with Crippen molar-refractivity contribution >= 4 is 11.5 Å². The molecule has 0 aliphatic rings. The minimum absolute atomic E-state index is 0.116. The maximum Gasteiger partial charge on any atom is 0.311 e. The highest BCUT2D eigenvalue weighted by Gasteiger charge is 2.15. The third-order valence-corrected chi connectivity index (χ3v) is 1.75. The minimum atomic E-state index is -0.596. The van der Waals surface area contributed by atoms with Crippen LogP contribution in [0.15, 0.2) is 24.9 Å². The minimum Gasteiger partial charge on any atom is -0.378 e. The van der Waals surface area contributed by atoms with Crippen molar-refractivity contribution in [1.82, 2.24) is 4.98 Å². The average Bonchev–Trinajstić information content (AvgIpc) is 2.17. The summed E-state index contributed by atoms with van der Waals surface area (Å²) in [6.07, 6.45) is 2.87. The lowest BCUT2D eigenvalue weighted by molar-refractivity contribution is -0.384. The van der Waals surface area contributed by atoms with Crippen LogP contribution in [0.4, 0.5) is 11.5 Å². The molecule has 0 aromatic carbocycles. The SMILES string of the molecule is C=CC(N)c1cnc(N)c([N+](=O)[O-])c1. The van der Waals surface area contributed by atoms with E-state index >= 15 is 0 Å². The van der Waals surface area contributed by atoms with Crippen LogP contribution in [0.2, 0.25) is 0 Å². The van der Waals surface area contributed by atoms with E-state index in [2.05, 4.69) is 11.6 Å². The summed E-state index contributed by atoms with van der Waals surface area (Å²) in [6, 6.07) is 0.830. The molecule has 0 amide bonds. The molecule has 1 atom stereocenters. The van der Waals surface area contributed by atoms with Gasteiger partial charge in [-0.3, -0.25) is 10.1 Å². The van der Waals surface area contributed by atoms with Crippen molar-refractivity contribution in [2.75, 3.05) is 5.73 Å². The van der Waals surface area contributed by atoms with Gasteiger partial charge in [-0.25, -0.2) is 4.98 Å². The summed E-state index contributed by atoms with van der Waals surface area (Å²) in [6.45, 7) is 3.48. The van der Waals surface area contributed by atoms with Crippen LogP contribution >= 0.6 is 0 Å². The number of rotatable bonds is 3. The van der Waals surface area contributed by atoms with E-state index in [1.54, 1.807) is 0 Å². The number of anilines is 1. The Morgan fingerprint density at radius 2 is 2.36 bits per heavy atom. The largest absolute Gasteiger partial charge is 0.378 e. The van der Waals surface area contributed by atoms with Gasteiger partial charge in [-0.1, -0.05) is 6.08 Å². The first kappa shape index (κ1) is 10.1. The summed E-state index contributed by atoms with van der Waals surface area (Å²) in [7, 11) is 0. The van der Waals surface area contributed by atoms with Gasteiger partial charge in [0.1, 0.15) is 0 Å². The Bertz CT molecular complexity index is 378. The number of aromatic nitrogens is 1. The van der Waals surface area contributed by atoms with Crippen LogP contribution in [0, 0.1) is 10.1 Å². The fraction of sp³-hybridized carbons (Fsp3) is 0.125. The van der Waals surface area contributed by atoms with Gasteiger partial charge in [0, 0.05) is 18.3 Å². The lowest BCUT2D eigenvalue weighted by atomic mass is 10.1. The second kappa shape index (κ2) is 3.84. The van der Waals surface area contributed by atoms with E-state index in [0.717, 1.165) is 0 Å². The lowest BCUT2D eigenvalue weighted by Crippen LogP contribution is -2.08. The number of nitrogen functional groups attached to an aromatic ring is 1. The van der Waals surface area contributed by atoms with Crippen LogP contribution in [0.3, 0.4) is 0 Å². The average molecular weight is 194 g/mol. The zero-order chi connectivity index (χ0) is 10.7. The zero-order valence-corrected chi connectivity index (χ0v) is 7.38. The Kier molecular flexibility index (Phi) is 2.78. The number of pyridine rings is 1. The number of hydrogen-bond acceptors (Lipinski definition) is 5. The van der Waals surface area contributed by atoms with Crippen LogP contribution in [-0.4, -0.2) is 9.91 Å². The number of nitro groups is 1. The Labute approximate surface area is 80.4 Å². The summed E-state index contributed by atoms with van der Waals surface area (Å²) < 4.78 is 0. The van der Waals surface area contributed by atoms with Gasteiger partial charge in [0.25, 0.3) is 0 Å². The van der Waals surface area contributed by atoms with Gasteiger partial charge in [0.2, 0.25) is 5.82 Å². The molecule has 6 heteroatoms. The van der Waals surface area contributed by atoms with Crippen molar-refractivity contribution in [3.8, 4) is 0 Å². The summed E-state index contributed by atoms with van der Waals surface area (Å²) >= 11 is 0. The van der Waals surface area contributed by atoms with Gasteiger partial charge >= 0.3 is 5.69 Å². The predicted octanol–water partition coefficient (Wildman–Crippen LogP) is 0.758. The standard InChI is InChI=1S/C8H10N4O2/c1-2-6(9)5-3-7(12(13)14)8(10)11-4-5/h2-4,6H,1,9H2,(H2,10,11). The Hall–Kier alpha value is -1.95. The quantitative estimate of drug-likeness (QED) is 0.419. The number of hydrogen-bond donors (Lipinski definition) is 2. The molecule has 6 nitrogen and oxygen atoms in total. The highest BCUT2D eigenvalue weighted by Crippen LogP contribution is 2.22. The fourth-order valence-electron chi connectivity index (χ4n) is 0.944. The molecule has 1 aromatic rings. The maximum atomic E-state index is 10.5. The molecule has 0 saturated carbocycles. The smallest absolute Gasteiger partial charge is 0.311 e. The highest BCUT2D eigenvalue weighted by atomic mass is 16.6. The van der Waals surface area contributed by atoms with Gasteiger partial charge in [-0.15, -0.1) is 6.58 Å². The summed E-state index contributed by atoms with van der Waals surface area (Å²) in [5.74, 6) is -0.116. The first-order valence-corrected chi connectivity index (χ1v) is 3.84. The van der Waals surface area contributed by atoms with Crippen LogP contribution < -0.4 is 11.5 Å². The Balaban J connectivity index is 3.19. The summed E-state index contributed by atoms with van der Waals surface area (Å²) in [4.78, 5) is 13.6. The molecule has 1 rings (SSSR count). The molecule has 0 bridgehead atoms. The molecule has 0 spiro atoms. The van der Waals surface area contributed by atoms with Gasteiger partial charge in [-0.05, 0) is 5.56 Å². The third-order valence-electron chi connectivity index (χ3n) is 1.75. The molecule has 0 radical (unpaired) electrons. The molecule has 0 aliphatic heterocycles. The highest BCUT2D eigenvalue weighted by molar-refractivity contribution is 5.53. The van der Waals surface area contributed by atoms with Gasteiger partial charge in [-0.2, -0.15) is 0 Å². The maximum absolute atomic E-state index is 10.5. The second-order valence-electron chi connectivity index (χ2n) is 2.69. The fourth-order valence-corrected chi connectivity index (χ4v) is 0.944. The van der Waals surface area contributed by atoms with E-state index in [0.29, 0.717) is 5.56 Å². The topological polar surface area (TPSA) is 108 Å². The molecular weight excluding hydrogens is 184 g/mol. The monoisotopic (exact) mass is 194 g/mol. The van der Waals surface area contributed by atoms with Gasteiger partial charge in [0.05, 0.1) is 4.92 Å². The molecule has 4 N–H and O–H groups in total. The Morgan fingerprint density at radius 1 is 1.71 bits per heavy atom. The van der Waals surface area contributed by atoms with E-state index in [1.165, 1.54) is 18.3 Å². The van der Waals surface area contributed by atoms with E-state index in [-0.39, 0.29) is 11.5 Å². The van der Waals surface area contributed by atoms with E-state index in [4.69, 9.17) is 11.5 Å². The Morgan fingerprint density at radius 3 is 2.86 bits per heavy atom. The van der Waals surface area contributed by atoms with Gasteiger partial charge < -0.3 is 11.5 Å². The first-order chi connectivity index (χ1) is 6.56. The van der Waals surface area contributed by atoms with Crippen LogP contribution in [0.1, 0.15) is 11.6 Å². The molecule has 1 unspecified atom stereocenters. The first-order valence-electron chi connectivity index (χ1n) is 3.84. The van der Waals surface area contributed by atoms with Gasteiger partial charge in [0.15, 0.2) is 0 Å². The third kappa shape index (κ3) is 1.86. The summed E-state index contributed by atoms with van der Waals surface area (Å²) in [5.41, 5.74) is 11.2. The van der Waals surface area contributed by atoms with E-state index in [9.17, 15) is 10.1 Å². The second-order valence-corrected chi connectivity index (χ2v) is 2.69. The van der Waals surface area contributed by atoms with E-state index < -0.39 is 11.0 Å². The molecule has 1 heterocycles. The molecular formula is C8H10N4O2. The van der Waals surface area contributed by atoms with Crippen LogP contribution in [-0.2, 0) is 0 Å². The van der Waals surface area contributed by atoms with Crippen molar-refractivity contribution in [3.63, 3.8) is 0 Å². The number of nitrogens with two attached hydrogens (primary N) is 2. The molecule has 0 fully saturated rings. The predicted molar refractivity (Wildman–Crippen MR) is 52.4 cm³/mol. The zero-order valence-electron chi connectivity index (χ0n) is 7.38. The molecule has 74 valence electrons. The molecule has 1 aromatic heterocycles. The molecule has 0 saturated heterocycles. The molecule has 0 aliphatic carbocycles.